The second-order valence-corrected chi connectivity index (χ2v) is 8.51. The molecular formula is C11H9Br5O. The quantitative estimate of drug-likeness (QED) is 0.390. The van der Waals surface area contributed by atoms with Gasteiger partial charge in [-0.2, -0.15) is 0 Å². The predicted molar refractivity (Wildman–Crippen MR) is 91.2 cm³/mol. The van der Waals surface area contributed by atoms with E-state index in [1.54, 1.807) is 0 Å². The van der Waals surface area contributed by atoms with Crippen molar-refractivity contribution in [3.05, 3.63) is 37.7 Å². The molecule has 0 aliphatic heterocycles. The maximum atomic E-state index is 5.61. The minimum atomic E-state index is 0.333. The van der Waals surface area contributed by atoms with Crippen LogP contribution in [0.5, 0.6) is 5.75 Å². The Balaban J connectivity index is 2.60. The summed E-state index contributed by atoms with van der Waals surface area (Å²) in [5, 5.41) is 0.887. The van der Waals surface area contributed by atoms with Crippen molar-refractivity contribution in [3.8, 4) is 5.75 Å². The van der Waals surface area contributed by atoms with Crippen molar-refractivity contribution in [3.63, 3.8) is 0 Å². The van der Waals surface area contributed by atoms with Gasteiger partial charge in [0.25, 0.3) is 0 Å². The Hall–Kier alpha value is 1.16. The van der Waals surface area contributed by atoms with Crippen LogP contribution >= 0.6 is 79.6 Å². The van der Waals surface area contributed by atoms with Crippen molar-refractivity contribution < 1.29 is 4.74 Å². The van der Waals surface area contributed by atoms with E-state index in [4.69, 9.17) is 4.74 Å². The Kier molecular flexibility index (Phi) is 7.97. The summed E-state index contributed by atoms with van der Waals surface area (Å²) in [6, 6.07) is 8.04. The molecule has 1 aromatic carbocycles. The van der Waals surface area contributed by atoms with Crippen molar-refractivity contribution >= 4 is 79.6 Å². The number of halogens is 5. The third-order valence-corrected chi connectivity index (χ3v) is 6.96. The number of benzene rings is 1. The Morgan fingerprint density at radius 1 is 1.12 bits per heavy atom. The Bertz CT molecular complexity index is 383. The SMILES string of the molecule is BrCC(Br)c1ccc(OCC(Br)=C(Br)Br)cc1. The second-order valence-electron chi connectivity index (χ2n) is 3.14. The Labute approximate surface area is 143 Å². The van der Waals surface area contributed by atoms with Gasteiger partial charge in [0.05, 0.1) is 7.87 Å². The monoisotopic (exact) mass is 552 g/mol. The number of ether oxygens (including phenoxy) is 1. The first-order chi connectivity index (χ1) is 8.04. The molecular weight excluding hydrogens is 548 g/mol. The Morgan fingerprint density at radius 2 is 1.71 bits per heavy atom. The molecule has 1 atom stereocenters. The van der Waals surface area contributed by atoms with Gasteiger partial charge in [0.1, 0.15) is 12.4 Å². The van der Waals surface area contributed by atoms with Crippen LogP contribution in [0, 0.1) is 0 Å². The standard InChI is InChI=1S/C11H9Br5O/c12-5-9(13)7-1-3-8(4-2-7)17-6-10(14)11(15)16/h1-4,9H,5-6H2. The molecule has 1 aromatic rings. The van der Waals surface area contributed by atoms with Gasteiger partial charge in [-0.25, -0.2) is 0 Å². The lowest BCUT2D eigenvalue weighted by atomic mass is 10.2. The van der Waals surface area contributed by atoms with Gasteiger partial charge in [-0.1, -0.05) is 59.9 Å². The van der Waals surface area contributed by atoms with E-state index in [0.717, 1.165) is 19.0 Å². The molecule has 0 spiro atoms. The van der Waals surface area contributed by atoms with Crippen LogP contribution < -0.4 is 4.74 Å². The van der Waals surface area contributed by atoms with E-state index in [1.165, 1.54) is 5.56 Å². The van der Waals surface area contributed by atoms with E-state index in [-0.39, 0.29) is 0 Å². The van der Waals surface area contributed by atoms with Crippen LogP contribution in [-0.4, -0.2) is 11.9 Å². The van der Waals surface area contributed by atoms with Gasteiger partial charge in [0.2, 0.25) is 0 Å². The van der Waals surface area contributed by atoms with Gasteiger partial charge in [-0.15, -0.1) is 0 Å². The number of hydrogen-bond acceptors (Lipinski definition) is 1. The Morgan fingerprint density at radius 3 is 2.18 bits per heavy atom. The van der Waals surface area contributed by atoms with Crippen LogP contribution in [0.2, 0.25) is 0 Å². The second kappa shape index (κ2) is 8.35. The lowest BCUT2D eigenvalue weighted by molar-refractivity contribution is 0.360. The molecule has 0 saturated carbocycles. The third-order valence-electron chi connectivity index (χ3n) is 1.95. The fourth-order valence-electron chi connectivity index (χ4n) is 1.06. The van der Waals surface area contributed by atoms with Crippen molar-refractivity contribution in [1.82, 2.24) is 0 Å². The molecule has 0 N–H and O–H groups in total. The average Bonchev–Trinajstić information content (AvgIpc) is 2.35. The maximum Gasteiger partial charge on any atom is 0.121 e. The summed E-state index contributed by atoms with van der Waals surface area (Å²) in [6.07, 6.45) is 0. The highest BCUT2D eigenvalue weighted by molar-refractivity contribution is 9.29. The van der Waals surface area contributed by atoms with Crippen LogP contribution in [0.25, 0.3) is 0 Å². The molecule has 94 valence electrons. The van der Waals surface area contributed by atoms with Gasteiger partial charge in [0, 0.05) is 10.2 Å². The molecule has 0 aromatic heterocycles. The van der Waals surface area contributed by atoms with Crippen LogP contribution in [0.3, 0.4) is 0 Å². The maximum absolute atomic E-state index is 5.61. The first-order valence-electron chi connectivity index (χ1n) is 4.67. The molecule has 0 radical (unpaired) electrons. The molecule has 0 fully saturated rings. The van der Waals surface area contributed by atoms with Gasteiger partial charge in [-0.05, 0) is 49.6 Å². The van der Waals surface area contributed by atoms with Crippen molar-refractivity contribution in [2.24, 2.45) is 0 Å². The first kappa shape index (κ1) is 16.2. The first-order valence-corrected chi connectivity index (χ1v) is 9.08. The van der Waals surface area contributed by atoms with E-state index in [0.29, 0.717) is 11.4 Å². The van der Waals surface area contributed by atoms with E-state index < -0.39 is 0 Å². The minimum Gasteiger partial charge on any atom is -0.488 e. The molecule has 0 aliphatic carbocycles. The molecule has 0 bridgehead atoms. The van der Waals surface area contributed by atoms with E-state index in [2.05, 4.69) is 91.8 Å². The van der Waals surface area contributed by atoms with E-state index in [1.807, 2.05) is 12.1 Å². The molecule has 0 heterocycles. The summed E-state index contributed by atoms with van der Waals surface area (Å²) in [5.74, 6) is 0.848. The lowest BCUT2D eigenvalue weighted by Gasteiger charge is -2.09. The van der Waals surface area contributed by atoms with Crippen LogP contribution in [0.4, 0.5) is 0 Å². The minimum absolute atomic E-state index is 0.333. The summed E-state index contributed by atoms with van der Waals surface area (Å²) < 4.78 is 7.40. The van der Waals surface area contributed by atoms with Gasteiger partial charge in [-0.3, -0.25) is 0 Å². The highest BCUT2D eigenvalue weighted by atomic mass is 79.9. The summed E-state index contributed by atoms with van der Waals surface area (Å²) in [4.78, 5) is 0.333. The summed E-state index contributed by atoms with van der Waals surface area (Å²) in [5.41, 5.74) is 1.23. The highest BCUT2D eigenvalue weighted by Gasteiger charge is 2.05. The summed E-state index contributed by atoms with van der Waals surface area (Å²) >= 11 is 17.0. The smallest absolute Gasteiger partial charge is 0.121 e. The summed E-state index contributed by atoms with van der Waals surface area (Å²) in [7, 11) is 0. The third kappa shape index (κ3) is 5.76. The molecule has 0 saturated heterocycles. The molecule has 1 nitrogen and oxygen atoms in total. The van der Waals surface area contributed by atoms with E-state index >= 15 is 0 Å². The van der Waals surface area contributed by atoms with Crippen LogP contribution in [0.1, 0.15) is 10.4 Å². The predicted octanol–water partition coefficient (Wildman–Crippen LogP) is 6.25. The highest BCUT2D eigenvalue weighted by Crippen LogP contribution is 2.27. The number of rotatable bonds is 5. The summed E-state index contributed by atoms with van der Waals surface area (Å²) in [6.45, 7) is 0.487. The van der Waals surface area contributed by atoms with Crippen LogP contribution in [0.15, 0.2) is 32.1 Å². The number of hydrogen-bond donors (Lipinski definition) is 0. The zero-order valence-corrected chi connectivity index (χ0v) is 16.5. The lowest BCUT2D eigenvalue weighted by Crippen LogP contribution is -1.98. The van der Waals surface area contributed by atoms with Gasteiger partial charge >= 0.3 is 0 Å². The zero-order valence-electron chi connectivity index (χ0n) is 8.60. The molecule has 17 heavy (non-hydrogen) atoms. The largest absolute Gasteiger partial charge is 0.488 e. The van der Waals surface area contributed by atoms with Crippen molar-refractivity contribution in [1.29, 1.82) is 0 Å². The van der Waals surface area contributed by atoms with Gasteiger partial charge < -0.3 is 4.74 Å². The fourth-order valence-corrected chi connectivity index (χ4v) is 2.09. The molecule has 0 amide bonds. The molecule has 1 rings (SSSR count). The fraction of sp³-hybridized carbons (Fsp3) is 0.273. The number of alkyl halides is 2. The average molecular weight is 557 g/mol. The molecule has 1 unspecified atom stereocenters. The van der Waals surface area contributed by atoms with E-state index in [9.17, 15) is 0 Å². The normalized spacial score (nSPS) is 12.1. The topological polar surface area (TPSA) is 9.23 Å². The zero-order chi connectivity index (χ0) is 12.8. The molecule has 6 heteroatoms. The van der Waals surface area contributed by atoms with Crippen molar-refractivity contribution in [2.75, 3.05) is 11.9 Å². The molecule has 0 aliphatic rings. The van der Waals surface area contributed by atoms with Gasteiger partial charge in [0.15, 0.2) is 0 Å². The van der Waals surface area contributed by atoms with Crippen LogP contribution in [-0.2, 0) is 0 Å². The van der Waals surface area contributed by atoms with Crippen molar-refractivity contribution in [2.45, 2.75) is 4.83 Å².